The largest absolute Gasteiger partial charge is 0.363 e. The third-order valence-electron chi connectivity index (χ3n) is 3.48. The number of nitrogens with zero attached hydrogens (tertiary/aromatic N) is 6. The van der Waals surface area contributed by atoms with Crippen molar-refractivity contribution in [3.05, 3.63) is 30.9 Å². The van der Waals surface area contributed by atoms with Crippen molar-refractivity contribution in [3.8, 4) is 0 Å². The molecule has 1 fully saturated rings. The van der Waals surface area contributed by atoms with Crippen LogP contribution >= 0.6 is 0 Å². The molecule has 0 amide bonds. The minimum Gasteiger partial charge on any atom is -0.363 e. The predicted octanol–water partition coefficient (Wildman–Crippen LogP) is 1.19. The molecule has 3 rings (SSSR count). The van der Waals surface area contributed by atoms with E-state index < -0.39 is 0 Å². The molecule has 0 aliphatic carbocycles. The summed E-state index contributed by atoms with van der Waals surface area (Å²) in [5.41, 5.74) is 0. The second kappa shape index (κ2) is 4.87. The van der Waals surface area contributed by atoms with E-state index in [9.17, 15) is 0 Å². The number of hydrogen-bond donors (Lipinski definition) is 0. The van der Waals surface area contributed by atoms with Crippen LogP contribution in [-0.4, -0.2) is 46.9 Å². The topological polar surface area (TPSA) is 50.1 Å². The Bertz CT molecular complexity index is 536. The van der Waals surface area contributed by atoms with E-state index in [1.165, 1.54) is 0 Å². The highest BCUT2D eigenvalue weighted by Crippen LogP contribution is 2.26. The van der Waals surface area contributed by atoms with Crippen LogP contribution in [0.5, 0.6) is 0 Å². The molecule has 0 bridgehead atoms. The lowest BCUT2D eigenvalue weighted by molar-refractivity contribution is 0.494. The van der Waals surface area contributed by atoms with E-state index in [1.807, 2.05) is 48.2 Å². The smallest absolute Gasteiger partial charge is 0.134 e. The minimum atomic E-state index is 0.438. The van der Waals surface area contributed by atoms with Gasteiger partial charge >= 0.3 is 0 Å². The highest BCUT2D eigenvalue weighted by atomic mass is 15.3. The highest BCUT2D eigenvalue weighted by Gasteiger charge is 2.25. The first-order valence-electron chi connectivity index (χ1n) is 6.47. The molecule has 2 aromatic rings. The van der Waals surface area contributed by atoms with Gasteiger partial charge in [-0.05, 0) is 12.5 Å². The van der Waals surface area contributed by atoms with E-state index >= 15 is 0 Å². The average molecular weight is 258 g/mol. The van der Waals surface area contributed by atoms with Gasteiger partial charge in [-0.15, -0.1) is 0 Å². The lowest BCUT2D eigenvalue weighted by Crippen LogP contribution is -2.23. The number of anilines is 2. The summed E-state index contributed by atoms with van der Waals surface area (Å²) in [6.07, 6.45) is 6.59. The van der Waals surface area contributed by atoms with Crippen molar-refractivity contribution in [2.45, 2.75) is 12.5 Å². The summed E-state index contributed by atoms with van der Waals surface area (Å²) in [6, 6.07) is 4.44. The van der Waals surface area contributed by atoms with Crippen LogP contribution < -0.4 is 9.80 Å². The minimum absolute atomic E-state index is 0.438. The molecule has 2 aromatic heterocycles. The van der Waals surface area contributed by atoms with Gasteiger partial charge in [0.05, 0.1) is 6.04 Å². The molecule has 6 nitrogen and oxygen atoms in total. The Labute approximate surface area is 112 Å². The zero-order valence-electron chi connectivity index (χ0n) is 11.3. The maximum atomic E-state index is 4.38. The standard InChI is InChI=1S/C13H18N6/c1-17(2)12-8-13(15-10-14-12)18-7-4-11(9-18)19-6-3-5-16-19/h3,5-6,8,10-11H,4,7,9H2,1-2H3. The molecule has 3 heterocycles. The van der Waals surface area contributed by atoms with Crippen molar-refractivity contribution < 1.29 is 0 Å². The Balaban J connectivity index is 1.76. The van der Waals surface area contributed by atoms with Gasteiger partial charge in [-0.2, -0.15) is 5.10 Å². The second-order valence-electron chi connectivity index (χ2n) is 5.00. The van der Waals surface area contributed by atoms with Gasteiger partial charge in [0.25, 0.3) is 0 Å². The van der Waals surface area contributed by atoms with Gasteiger partial charge in [-0.1, -0.05) is 0 Å². The van der Waals surface area contributed by atoms with E-state index in [0.29, 0.717) is 6.04 Å². The molecule has 6 heteroatoms. The van der Waals surface area contributed by atoms with Crippen molar-refractivity contribution in [1.29, 1.82) is 0 Å². The number of rotatable bonds is 3. The quantitative estimate of drug-likeness (QED) is 0.827. The molecule has 1 atom stereocenters. The van der Waals surface area contributed by atoms with Crippen LogP contribution in [0.4, 0.5) is 11.6 Å². The molecule has 0 saturated carbocycles. The molecule has 1 aliphatic rings. The zero-order valence-corrected chi connectivity index (χ0v) is 11.3. The summed E-state index contributed by atoms with van der Waals surface area (Å²) >= 11 is 0. The van der Waals surface area contributed by atoms with Gasteiger partial charge < -0.3 is 9.80 Å². The van der Waals surface area contributed by atoms with Crippen LogP contribution in [0, 0.1) is 0 Å². The maximum Gasteiger partial charge on any atom is 0.134 e. The highest BCUT2D eigenvalue weighted by molar-refractivity contribution is 5.49. The first-order chi connectivity index (χ1) is 9.24. The van der Waals surface area contributed by atoms with Gasteiger partial charge in [-0.25, -0.2) is 9.97 Å². The fourth-order valence-electron chi connectivity index (χ4n) is 2.42. The lowest BCUT2D eigenvalue weighted by atomic mass is 10.3. The van der Waals surface area contributed by atoms with E-state index in [1.54, 1.807) is 6.33 Å². The molecule has 1 unspecified atom stereocenters. The Morgan fingerprint density at radius 1 is 1.32 bits per heavy atom. The van der Waals surface area contributed by atoms with Crippen molar-refractivity contribution in [1.82, 2.24) is 19.7 Å². The average Bonchev–Trinajstić information content (AvgIpc) is 3.09. The van der Waals surface area contributed by atoms with Crippen molar-refractivity contribution in [3.63, 3.8) is 0 Å². The summed E-state index contributed by atoms with van der Waals surface area (Å²) in [7, 11) is 3.98. The molecule has 19 heavy (non-hydrogen) atoms. The second-order valence-corrected chi connectivity index (χ2v) is 5.00. The predicted molar refractivity (Wildman–Crippen MR) is 74.5 cm³/mol. The van der Waals surface area contributed by atoms with Gasteiger partial charge in [0.15, 0.2) is 0 Å². The summed E-state index contributed by atoms with van der Waals surface area (Å²) in [5, 5.41) is 4.32. The first-order valence-corrected chi connectivity index (χ1v) is 6.47. The maximum absolute atomic E-state index is 4.38. The Morgan fingerprint density at radius 2 is 2.21 bits per heavy atom. The molecule has 0 N–H and O–H groups in total. The Kier molecular flexibility index (Phi) is 3.06. The van der Waals surface area contributed by atoms with E-state index in [4.69, 9.17) is 0 Å². The lowest BCUT2D eigenvalue weighted by Gasteiger charge is -2.19. The third kappa shape index (κ3) is 2.38. The number of aromatic nitrogens is 4. The zero-order chi connectivity index (χ0) is 13.2. The molecule has 0 spiro atoms. The van der Waals surface area contributed by atoms with Crippen LogP contribution in [0.25, 0.3) is 0 Å². The summed E-state index contributed by atoms with van der Waals surface area (Å²) in [5.74, 6) is 1.93. The van der Waals surface area contributed by atoms with E-state index in [0.717, 1.165) is 31.1 Å². The van der Waals surface area contributed by atoms with Crippen LogP contribution in [0.2, 0.25) is 0 Å². The molecule has 0 aromatic carbocycles. The molecule has 0 radical (unpaired) electrons. The van der Waals surface area contributed by atoms with Crippen LogP contribution in [0.1, 0.15) is 12.5 Å². The summed E-state index contributed by atoms with van der Waals surface area (Å²) in [4.78, 5) is 12.9. The van der Waals surface area contributed by atoms with Crippen LogP contribution in [-0.2, 0) is 0 Å². The Hall–Kier alpha value is -2.11. The third-order valence-corrected chi connectivity index (χ3v) is 3.48. The van der Waals surface area contributed by atoms with Gasteiger partial charge in [0.1, 0.15) is 18.0 Å². The monoisotopic (exact) mass is 258 g/mol. The van der Waals surface area contributed by atoms with Crippen molar-refractivity contribution in [2.75, 3.05) is 37.0 Å². The molecule has 1 saturated heterocycles. The molecular weight excluding hydrogens is 240 g/mol. The fourth-order valence-corrected chi connectivity index (χ4v) is 2.42. The van der Waals surface area contributed by atoms with Gasteiger partial charge in [0.2, 0.25) is 0 Å². The van der Waals surface area contributed by atoms with Gasteiger partial charge in [0, 0.05) is 45.6 Å². The summed E-state index contributed by atoms with van der Waals surface area (Å²) in [6.45, 7) is 1.96. The van der Waals surface area contributed by atoms with E-state index in [-0.39, 0.29) is 0 Å². The van der Waals surface area contributed by atoms with Crippen molar-refractivity contribution in [2.24, 2.45) is 0 Å². The van der Waals surface area contributed by atoms with Crippen LogP contribution in [0.15, 0.2) is 30.9 Å². The molecule has 100 valence electrons. The normalized spacial score (nSPS) is 18.8. The van der Waals surface area contributed by atoms with Gasteiger partial charge in [-0.3, -0.25) is 4.68 Å². The Morgan fingerprint density at radius 3 is 2.95 bits per heavy atom. The first kappa shape index (κ1) is 12.0. The van der Waals surface area contributed by atoms with Crippen LogP contribution in [0.3, 0.4) is 0 Å². The fraction of sp³-hybridized carbons (Fsp3) is 0.462. The molecule has 1 aliphatic heterocycles. The number of hydrogen-bond acceptors (Lipinski definition) is 5. The SMILES string of the molecule is CN(C)c1cc(N2CCC(n3cccn3)C2)ncn1. The molecular formula is C13H18N6. The van der Waals surface area contributed by atoms with E-state index in [2.05, 4.69) is 20.0 Å². The van der Waals surface area contributed by atoms with Crippen molar-refractivity contribution >= 4 is 11.6 Å². The summed E-state index contributed by atoms with van der Waals surface area (Å²) < 4.78 is 2.04.